The van der Waals surface area contributed by atoms with Gasteiger partial charge in [0.25, 0.3) is 0 Å². The van der Waals surface area contributed by atoms with E-state index in [4.69, 9.17) is 0 Å². The van der Waals surface area contributed by atoms with Gasteiger partial charge in [-0.2, -0.15) is 16.9 Å². The number of halogens is 1. The maximum absolute atomic E-state index is 13.0. The minimum Gasteiger partial charge on any atom is -0.353 e. The topological polar surface area (TPSA) is 59.0 Å². The van der Waals surface area contributed by atoms with Crippen LogP contribution in [0.15, 0.2) is 18.5 Å². The zero-order chi connectivity index (χ0) is 16.1. The number of carbonyl (C=O) groups excluding carboxylic acids is 1. The van der Waals surface area contributed by atoms with Crippen LogP contribution in [0.3, 0.4) is 0 Å². The number of aromatic nitrogens is 2. The standard InChI is InChI=1S/C16H28N4OS.ClH/c1-4-15(5-2,22-3)13-18-14(21)16(7-10-17-11-8-16)20-12-6-9-19-20;/h6,9,12,17H,4-5,7-8,10-11,13H2,1-3H3,(H,18,21);1H. The highest BCUT2D eigenvalue weighted by atomic mass is 35.5. The number of rotatable bonds is 7. The second-order valence-electron chi connectivity index (χ2n) is 6.01. The summed E-state index contributed by atoms with van der Waals surface area (Å²) in [6.07, 6.45) is 9.47. The van der Waals surface area contributed by atoms with Crippen LogP contribution >= 0.6 is 24.2 Å². The molecule has 0 bridgehead atoms. The monoisotopic (exact) mass is 360 g/mol. The summed E-state index contributed by atoms with van der Waals surface area (Å²) in [4.78, 5) is 13.0. The molecule has 0 spiro atoms. The quantitative estimate of drug-likeness (QED) is 0.784. The smallest absolute Gasteiger partial charge is 0.248 e. The third-order valence-electron chi connectivity index (χ3n) is 5.09. The molecule has 1 aliphatic rings. The van der Waals surface area contributed by atoms with Crippen molar-refractivity contribution in [2.24, 2.45) is 0 Å². The van der Waals surface area contributed by atoms with Crippen molar-refractivity contribution in [1.29, 1.82) is 0 Å². The lowest BCUT2D eigenvalue weighted by atomic mass is 9.87. The first-order chi connectivity index (χ1) is 10.6. The van der Waals surface area contributed by atoms with Crippen LogP contribution < -0.4 is 10.6 Å². The van der Waals surface area contributed by atoms with Gasteiger partial charge in [0.1, 0.15) is 5.54 Å². The van der Waals surface area contributed by atoms with Crippen LogP contribution in [0.5, 0.6) is 0 Å². The number of hydrogen-bond acceptors (Lipinski definition) is 4. The van der Waals surface area contributed by atoms with Crippen LogP contribution in [-0.2, 0) is 10.3 Å². The Labute approximate surface area is 149 Å². The zero-order valence-electron chi connectivity index (χ0n) is 14.3. The molecule has 1 fully saturated rings. The fourth-order valence-electron chi connectivity index (χ4n) is 3.19. The van der Waals surface area contributed by atoms with Crippen molar-refractivity contribution in [1.82, 2.24) is 20.4 Å². The van der Waals surface area contributed by atoms with Gasteiger partial charge in [0.2, 0.25) is 5.91 Å². The van der Waals surface area contributed by atoms with E-state index < -0.39 is 5.54 Å². The number of hydrogen-bond donors (Lipinski definition) is 2. The second kappa shape index (κ2) is 8.94. The first-order valence-electron chi connectivity index (χ1n) is 8.17. The van der Waals surface area contributed by atoms with Crippen LogP contribution in [0, 0.1) is 0 Å². The van der Waals surface area contributed by atoms with Crippen molar-refractivity contribution in [2.75, 3.05) is 25.9 Å². The van der Waals surface area contributed by atoms with Crippen LogP contribution in [0.25, 0.3) is 0 Å². The van der Waals surface area contributed by atoms with Crippen LogP contribution in [0.4, 0.5) is 0 Å². The Balaban J connectivity index is 0.00000264. The lowest BCUT2D eigenvalue weighted by Crippen LogP contribution is -2.56. The van der Waals surface area contributed by atoms with Gasteiger partial charge in [-0.15, -0.1) is 12.4 Å². The number of thioether (sulfide) groups is 1. The molecule has 1 aliphatic heterocycles. The van der Waals surface area contributed by atoms with Gasteiger partial charge in [-0.05, 0) is 51.1 Å². The Hall–Kier alpha value is -0.720. The summed E-state index contributed by atoms with van der Waals surface area (Å²) in [5, 5.41) is 10.9. The summed E-state index contributed by atoms with van der Waals surface area (Å²) >= 11 is 1.85. The summed E-state index contributed by atoms with van der Waals surface area (Å²) in [6.45, 7) is 6.81. The van der Waals surface area contributed by atoms with Crippen LogP contribution in [-0.4, -0.2) is 46.3 Å². The minimum absolute atomic E-state index is 0. The Bertz CT molecular complexity index is 462. The van der Waals surface area contributed by atoms with Gasteiger partial charge in [0, 0.05) is 23.7 Å². The van der Waals surface area contributed by atoms with Gasteiger partial charge in [-0.25, -0.2) is 0 Å². The molecule has 2 heterocycles. The molecule has 0 atom stereocenters. The third kappa shape index (κ3) is 4.22. The zero-order valence-corrected chi connectivity index (χ0v) is 15.9. The maximum atomic E-state index is 13.0. The van der Waals surface area contributed by atoms with Gasteiger partial charge >= 0.3 is 0 Å². The molecule has 0 aliphatic carbocycles. The molecular formula is C16H29ClN4OS. The molecule has 5 nitrogen and oxygen atoms in total. The molecule has 0 unspecified atom stereocenters. The fourth-order valence-corrected chi connectivity index (χ4v) is 3.98. The van der Waals surface area contributed by atoms with E-state index in [-0.39, 0.29) is 23.1 Å². The van der Waals surface area contributed by atoms with E-state index in [1.165, 1.54) is 0 Å². The maximum Gasteiger partial charge on any atom is 0.248 e. The Morgan fingerprint density at radius 2 is 2.04 bits per heavy atom. The molecule has 1 amide bonds. The fraction of sp³-hybridized carbons (Fsp3) is 0.750. The molecular weight excluding hydrogens is 332 g/mol. The molecule has 23 heavy (non-hydrogen) atoms. The lowest BCUT2D eigenvalue weighted by Gasteiger charge is -2.38. The van der Waals surface area contributed by atoms with Crippen molar-refractivity contribution >= 4 is 30.1 Å². The minimum atomic E-state index is -0.541. The van der Waals surface area contributed by atoms with Crippen molar-refractivity contribution in [3.05, 3.63) is 18.5 Å². The summed E-state index contributed by atoms with van der Waals surface area (Å²) in [5.41, 5.74) is -0.541. The number of nitrogens with zero attached hydrogens (tertiary/aromatic N) is 2. The molecule has 0 aromatic carbocycles. The Morgan fingerprint density at radius 3 is 2.52 bits per heavy atom. The van der Waals surface area contributed by atoms with Gasteiger partial charge in [0.05, 0.1) is 0 Å². The lowest BCUT2D eigenvalue weighted by molar-refractivity contribution is -0.132. The van der Waals surface area contributed by atoms with Gasteiger partial charge < -0.3 is 10.6 Å². The highest BCUT2D eigenvalue weighted by Crippen LogP contribution is 2.31. The SMILES string of the molecule is CCC(CC)(CNC(=O)C1(n2cccn2)CCNCC1)SC.Cl. The highest BCUT2D eigenvalue weighted by molar-refractivity contribution is 8.00. The average Bonchev–Trinajstić information content (AvgIpc) is 3.12. The van der Waals surface area contributed by atoms with Crippen LogP contribution in [0.1, 0.15) is 39.5 Å². The molecule has 7 heteroatoms. The van der Waals surface area contributed by atoms with E-state index in [1.54, 1.807) is 6.20 Å². The first-order valence-corrected chi connectivity index (χ1v) is 9.39. The van der Waals surface area contributed by atoms with Gasteiger partial charge in [-0.1, -0.05) is 13.8 Å². The van der Waals surface area contributed by atoms with Gasteiger partial charge in [0.15, 0.2) is 0 Å². The number of carbonyl (C=O) groups is 1. The number of piperidine rings is 1. The summed E-state index contributed by atoms with van der Waals surface area (Å²) in [5.74, 6) is 0.109. The summed E-state index contributed by atoms with van der Waals surface area (Å²) < 4.78 is 1.98. The van der Waals surface area contributed by atoms with Crippen molar-refractivity contribution in [3.63, 3.8) is 0 Å². The Morgan fingerprint density at radius 1 is 1.39 bits per heavy atom. The summed E-state index contributed by atoms with van der Waals surface area (Å²) in [6, 6.07) is 1.89. The predicted molar refractivity (Wildman–Crippen MR) is 99.4 cm³/mol. The van der Waals surface area contributed by atoms with E-state index in [2.05, 4.69) is 35.8 Å². The third-order valence-corrected chi connectivity index (χ3v) is 6.68. The van der Waals surface area contributed by atoms with Gasteiger partial charge in [-0.3, -0.25) is 9.48 Å². The summed E-state index contributed by atoms with van der Waals surface area (Å²) in [7, 11) is 0. The number of amides is 1. The molecule has 1 aromatic heterocycles. The molecule has 0 saturated carbocycles. The first kappa shape index (κ1) is 20.3. The van der Waals surface area contributed by atoms with E-state index in [0.717, 1.165) is 45.3 Å². The molecule has 2 N–H and O–H groups in total. The highest BCUT2D eigenvalue weighted by Gasteiger charge is 2.42. The predicted octanol–water partition coefficient (Wildman–Crippen LogP) is 2.42. The van der Waals surface area contributed by atoms with Crippen molar-refractivity contribution in [2.45, 2.75) is 49.8 Å². The second-order valence-corrected chi connectivity index (χ2v) is 7.28. The number of nitrogens with one attached hydrogen (secondary N) is 2. The van der Waals surface area contributed by atoms with Crippen molar-refractivity contribution in [3.8, 4) is 0 Å². The normalized spacial score (nSPS) is 17.3. The molecule has 1 saturated heterocycles. The van der Waals surface area contributed by atoms with E-state index in [1.807, 2.05) is 28.7 Å². The molecule has 132 valence electrons. The van der Waals surface area contributed by atoms with Crippen molar-refractivity contribution < 1.29 is 4.79 Å². The molecule has 1 aromatic rings. The molecule has 0 radical (unpaired) electrons. The van der Waals surface area contributed by atoms with Crippen LogP contribution in [0.2, 0.25) is 0 Å². The Kier molecular flexibility index (Phi) is 7.90. The van der Waals surface area contributed by atoms with E-state index in [0.29, 0.717) is 0 Å². The van der Waals surface area contributed by atoms with E-state index in [9.17, 15) is 4.79 Å². The van der Waals surface area contributed by atoms with E-state index >= 15 is 0 Å². The largest absolute Gasteiger partial charge is 0.353 e. The average molecular weight is 361 g/mol. The molecule has 2 rings (SSSR count).